The summed E-state index contributed by atoms with van der Waals surface area (Å²) in [6.45, 7) is 2.54. The molecule has 0 saturated heterocycles. The van der Waals surface area contributed by atoms with Crippen LogP contribution in [-0.4, -0.2) is 26.6 Å². The summed E-state index contributed by atoms with van der Waals surface area (Å²) in [5.41, 5.74) is 2.48. The van der Waals surface area contributed by atoms with Gasteiger partial charge in [0, 0.05) is 31.0 Å². The first-order chi connectivity index (χ1) is 10.1. The number of hydrogen-bond acceptors (Lipinski definition) is 3. The highest BCUT2D eigenvalue weighted by molar-refractivity contribution is 6.04. The van der Waals surface area contributed by atoms with Gasteiger partial charge < -0.3 is 15.0 Å². The third-order valence-corrected chi connectivity index (χ3v) is 3.07. The van der Waals surface area contributed by atoms with Gasteiger partial charge in [0.2, 0.25) is 0 Å². The maximum atomic E-state index is 12.1. The van der Waals surface area contributed by atoms with E-state index in [1.807, 2.05) is 50.2 Å². The zero-order valence-electron chi connectivity index (χ0n) is 12.6. The van der Waals surface area contributed by atoms with Crippen LogP contribution in [-0.2, 0) is 0 Å². The summed E-state index contributed by atoms with van der Waals surface area (Å²) >= 11 is 0. The molecule has 0 spiro atoms. The van der Waals surface area contributed by atoms with E-state index in [1.54, 1.807) is 24.3 Å². The van der Waals surface area contributed by atoms with Crippen molar-refractivity contribution < 1.29 is 9.53 Å². The average molecular weight is 284 g/mol. The van der Waals surface area contributed by atoms with Crippen molar-refractivity contribution in [2.45, 2.75) is 6.92 Å². The van der Waals surface area contributed by atoms with Crippen LogP contribution in [0.25, 0.3) is 0 Å². The Kier molecular flexibility index (Phi) is 4.82. The van der Waals surface area contributed by atoms with Gasteiger partial charge in [-0.2, -0.15) is 0 Å². The zero-order valence-corrected chi connectivity index (χ0v) is 12.6. The molecule has 2 rings (SSSR count). The van der Waals surface area contributed by atoms with Gasteiger partial charge in [-0.25, -0.2) is 0 Å². The van der Waals surface area contributed by atoms with Crippen molar-refractivity contribution in [1.82, 2.24) is 0 Å². The third kappa shape index (κ3) is 3.99. The Balaban J connectivity index is 2.03. The number of amides is 1. The molecule has 0 atom stereocenters. The van der Waals surface area contributed by atoms with Crippen molar-refractivity contribution in [2.75, 3.05) is 30.9 Å². The number of rotatable bonds is 5. The fraction of sp³-hybridized carbons (Fsp3) is 0.235. The van der Waals surface area contributed by atoms with Crippen LogP contribution in [0.2, 0.25) is 0 Å². The van der Waals surface area contributed by atoms with Crippen molar-refractivity contribution in [3.05, 3.63) is 54.1 Å². The van der Waals surface area contributed by atoms with Gasteiger partial charge in [-0.05, 0) is 55.5 Å². The van der Waals surface area contributed by atoms with E-state index in [0.717, 1.165) is 17.1 Å². The zero-order chi connectivity index (χ0) is 15.2. The van der Waals surface area contributed by atoms with E-state index in [4.69, 9.17) is 4.74 Å². The van der Waals surface area contributed by atoms with E-state index in [2.05, 4.69) is 5.32 Å². The summed E-state index contributed by atoms with van der Waals surface area (Å²) in [7, 11) is 3.96. The maximum absolute atomic E-state index is 12.1. The summed E-state index contributed by atoms with van der Waals surface area (Å²) in [6, 6.07) is 14.8. The minimum absolute atomic E-state index is 0.129. The summed E-state index contributed by atoms with van der Waals surface area (Å²) < 4.78 is 5.36. The van der Waals surface area contributed by atoms with Crippen LogP contribution in [0.4, 0.5) is 11.4 Å². The summed E-state index contributed by atoms with van der Waals surface area (Å²) in [6.07, 6.45) is 0. The van der Waals surface area contributed by atoms with Crippen molar-refractivity contribution in [3.8, 4) is 5.75 Å². The van der Waals surface area contributed by atoms with Crippen molar-refractivity contribution in [1.29, 1.82) is 0 Å². The molecule has 0 aliphatic rings. The molecule has 0 aliphatic heterocycles. The summed E-state index contributed by atoms with van der Waals surface area (Å²) in [5.74, 6) is 0.639. The van der Waals surface area contributed by atoms with Gasteiger partial charge in [0.1, 0.15) is 5.75 Å². The number of ether oxygens (including phenoxy) is 1. The second-order valence-electron chi connectivity index (χ2n) is 4.85. The quantitative estimate of drug-likeness (QED) is 0.915. The molecular weight excluding hydrogens is 264 g/mol. The van der Waals surface area contributed by atoms with Crippen LogP contribution in [0, 0.1) is 0 Å². The molecule has 0 aromatic heterocycles. The molecule has 0 fully saturated rings. The Morgan fingerprint density at radius 1 is 1.05 bits per heavy atom. The number of nitrogens with one attached hydrogen (secondary N) is 1. The molecule has 0 saturated carbocycles. The molecular formula is C17H20N2O2. The Morgan fingerprint density at radius 3 is 2.19 bits per heavy atom. The number of hydrogen-bond donors (Lipinski definition) is 1. The van der Waals surface area contributed by atoms with E-state index in [1.165, 1.54) is 0 Å². The number of carbonyl (C=O) groups excluding carboxylic acids is 1. The molecule has 0 aliphatic carbocycles. The van der Waals surface area contributed by atoms with Crippen molar-refractivity contribution in [2.24, 2.45) is 0 Å². The van der Waals surface area contributed by atoms with E-state index in [9.17, 15) is 4.79 Å². The molecule has 2 aromatic carbocycles. The molecule has 2 aromatic rings. The van der Waals surface area contributed by atoms with Gasteiger partial charge in [0.05, 0.1) is 6.61 Å². The van der Waals surface area contributed by atoms with E-state index in [0.29, 0.717) is 12.2 Å². The van der Waals surface area contributed by atoms with Crippen LogP contribution in [0.1, 0.15) is 17.3 Å². The van der Waals surface area contributed by atoms with Gasteiger partial charge in [-0.15, -0.1) is 0 Å². The average Bonchev–Trinajstić information content (AvgIpc) is 2.49. The highest BCUT2D eigenvalue weighted by atomic mass is 16.5. The van der Waals surface area contributed by atoms with Crippen LogP contribution < -0.4 is 15.0 Å². The largest absolute Gasteiger partial charge is 0.494 e. The lowest BCUT2D eigenvalue weighted by Gasteiger charge is -2.13. The SMILES string of the molecule is CCOc1ccc(C(=O)Nc2ccc(N(C)C)cc2)cc1. The molecule has 0 heterocycles. The van der Waals surface area contributed by atoms with Crippen molar-refractivity contribution in [3.63, 3.8) is 0 Å². The smallest absolute Gasteiger partial charge is 0.255 e. The third-order valence-electron chi connectivity index (χ3n) is 3.07. The predicted molar refractivity (Wildman–Crippen MR) is 86.3 cm³/mol. The van der Waals surface area contributed by atoms with Gasteiger partial charge in [0.25, 0.3) is 5.91 Å². The minimum atomic E-state index is -0.129. The van der Waals surface area contributed by atoms with Gasteiger partial charge >= 0.3 is 0 Å². The minimum Gasteiger partial charge on any atom is -0.494 e. The molecule has 0 bridgehead atoms. The maximum Gasteiger partial charge on any atom is 0.255 e. The highest BCUT2D eigenvalue weighted by Gasteiger charge is 2.06. The van der Waals surface area contributed by atoms with Crippen LogP contribution in [0.3, 0.4) is 0 Å². The molecule has 110 valence electrons. The first-order valence-electron chi connectivity index (χ1n) is 6.91. The normalized spacial score (nSPS) is 10.0. The molecule has 0 radical (unpaired) electrons. The number of anilines is 2. The Morgan fingerprint density at radius 2 is 1.67 bits per heavy atom. The second kappa shape index (κ2) is 6.79. The molecule has 4 nitrogen and oxygen atoms in total. The lowest BCUT2D eigenvalue weighted by molar-refractivity contribution is 0.102. The van der Waals surface area contributed by atoms with Gasteiger partial charge in [0.15, 0.2) is 0 Å². The fourth-order valence-corrected chi connectivity index (χ4v) is 1.92. The predicted octanol–water partition coefficient (Wildman–Crippen LogP) is 3.40. The molecule has 1 N–H and O–H groups in total. The number of carbonyl (C=O) groups is 1. The first kappa shape index (κ1) is 14.9. The van der Waals surface area contributed by atoms with Gasteiger partial charge in [-0.1, -0.05) is 0 Å². The molecule has 0 unspecified atom stereocenters. The van der Waals surface area contributed by atoms with Crippen LogP contribution in [0.5, 0.6) is 5.75 Å². The monoisotopic (exact) mass is 284 g/mol. The Hall–Kier alpha value is -2.49. The lowest BCUT2D eigenvalue weighted by Crippen LogP contribution is -2.12. The van der Waals surface area contributed by atoms with Crippen molar-refractivity contribution >= 4 is 17.3 Å². The Labute approximate surface area is 125 Å². The van der Waals surface area contributed by atoms with Crippen LogP contribution >= 0.6 is 0 Å². The number of benzene rings is 2. The summed E-state index contributed by atoms with van der Waals surface area (Å²) in [4.78, 5) is 14.2. The highest BCUT2D eigenvalue weighted by Crippen LogP contribution is 2.17. The summed E-state index contributed by atoms with van der Waals surface area (Å²) in [5, 5.41) is 2.88. The van der Waals surface area contributed by atoms with E-state index in [-0.39, 0.29) is 5.91 Å². The molecule has 21 heavy (non-hydrogen) atoms. The standard InChI is InChI=1S/C17H20N2O2/c1-4-21-16-11-5-13(6-12-16)17(20)18-14-7-9-15(10-8-14)19(2)3/h5-12H,4H2,1-3H3,(H,18,20). The van der Waals surface area contributed by atoms with E-state index < -0.39 is 0 Å². The van der Waals surface area contributed by atoms with Gasteiger partial charge in [-0.3, -0.25) is 4.79 Å². The lowest BCUT2D eigenvalue weighted by atomic mass is 10.2. The first-order valence-corrected chi connectivity index (χ1v) is 6.91. The molecule has 4 heteroatoms. The Bertz CT molecular complexity index is 589. The fourth-order valence-electron chi connectivity index (χ4n) is 1.92. The van der Waals surface area contributed by atoms with E-state index >= 15 is 0 Å². The second-order valence-corrected chi connectivity index (χ2v) is 4.85. The van der Waals surface area contributed by atoms with Crippen LogP contribution in [0.15, 0.2) is 48.5 Å². The molecule has 1 amide bonds. The topological polar surface area (TPSA) is 41.6 Å². The number of nitrogens with zero attached hydrogens (tertiary/aromatic N) is 1.